The molecule has 0 amide bonds. The Morgan fingerprint density at radius 1 is 1.28 bits per heavy atom. The lowest BCUT2D eigenvalue weighted by Crippen LogP contribution is -2.26. The van der Waals surface area contributed by atoms with Gasteiger partial charge in [0.15, 0.2) is 0 Å². The molecule has 1 aliphatic rings. The molecule has 2 atom stereocenters. The zero-order valence-electron chi connectivity index (χ0n) is 15.1. The van der Waals surface area contributed by atoms with Crippen molar-refractivity contribution in [3.63, 3.8) is 0 Å². The SMILES string of the molecule is COc1ccc(C)cc1-n1nnnc1SCCOC1CCCCC1C. The van der Waals surface area contributed by atoms with E-state index in [-0.39, 0.29) is 0 Å². The summed E-state index contributed by atoms with van der Waals surface area (Å²) in [6.07, 6.45) is 5.49. The third-order valence-electron chi connectivity index (χ3n) is 4.68. The Morgan fingerprint density at radius 3 is 2.92 bits per heavy atom. The lowest BCUT2D eigenvalue weighted by molar-refractivity contribution is 0.00345. The number of thioether (sulfide) groups is 1. The highest BCUT2D eigenvalue weighted by Gasteiger charge is 2.21. The lowest BCUT2D eigenvalue weighted by Gasteiger charge is -2.28. The van der Waals surface area contributed by atoms with Gasteiger partial charge in [0.25, 0.3) is 0 Å². The fourth-order valence-electron chi connectivity index (χ4n) is 3.25. The van der Waals surface area contributed by atoms with Crippen molar-refractivity contribution in [2.45, 2.75) is 50.8 Å². The Hall–Kier alpha value is -1.60. The first-order valence-electron chi connectivity index (χ1n) is 8.87. The highest BCUT2D eigenvalue weighted by molar-refractivity contribution is 7.99. The van der Waals surface area contributed by atoms with Crippen LogP contribution in [0, 0.1) is 12.8 Å². The Bertz CT molecular complexity index is 691. The molecule has 0 bridgehead atoms. The van der Waals surface area contributed by atoms with Gasteiger partial charge in [-0.2, -0.15) is 4.68 Å². The monoisotopic (exact) mass is 362 g/mol. The van der Waals surface area contributed by atoms with Crippen LogP contribution in [0.2, 0.25) is 0 Å². The van der Waals surface area contributed by atoms with E-state index in [1.807, 2.05) is 25.1 Å². The van der Waals surface area contributed by atoms with Crippen LogP contribution in [0.1, 0.15) is 38.2 Å². The summed E-state index contributed by atoms with van der Waals surface area (Å²) in [6, 6.07) is 5.98. The van der Waals surface area contributed by atoms with E-state index < -0.39 is 0 Å². The molecular formula is C18H26N4O2S. The minimum absolute atomic E-state index is 0.405. The third kappa shape index (κ3) is 4.52. The number of nitrogens with zero attached hydrogens (tertiary/aromatic N) is 4. The third-order valence-corrected chi connectivity index (χ3v) is 5.57. The molecule has 0 spiro atoms. The van der Waals surface area contributed by atoms with Crippen molar-refractivity contribution in [1.82, 2.24) is 20.2 Å². The highest BCUT2D eigenvalue weighted by atomic mass is 32.2. The number of aryl methyl sites for hydroxylation is 1. The first kappa shape index (κ1) is 18.2. The molecule has 0 N–H and O–H groups in total. The van der Waals surface area contributed by atoms with Crippen molar-refractivity contribution >= 4 is 11.8 Å². The van der Waals surface area contributed by atoms with E-state index in [0.29, 0.717) is 12.0 Å². The van der Waals surface area contributed by atoms with Gasteiger partial charge in [-0.15, -0.1) is 5.10 Å². The zero-order chi connectivity index (χ0) is 17.6. The Labute approximate surface area is 153 Å². The predicted octanol–water partition coefficient (Wildman–Crippen LogP) is 3.67. The van der Waals surface area contributed by atoms with Crippen LogP contribution in [0.15, 0.2) is 23.4 Å². The van der Waals surface area contributed by atoms with Crippen molar-refractivity contribution in [1.29, 1.82) is 0 Å². The summed E-state index contributed by atoms with van der Waals surface area (Å²) in [6.45, 7) is 5.05. The maximum absolute atomic E-state index is 6.08. The summed E-state index contributed by atoms with van der Waals surface area (Å²) in [5.74, 6) is 2.25. The highest BCUT2D eigenvalue weighted by Crippen LogP contribution is 2.28. The molecule has 0 radical (unpaired) electrons. The Morgan fingerprint density at radius 2 is 2.12 bits per heavy atom. The molecule has 2 unspecified atom stereocenters. The molecule has 3 rings (SSSR count). The van der Waals surface area contributed by atoms with E-state index in [1.54, 1.807) is 23.6 Å². The maximum atomic E-state index is 6.08. The number of rotatable bonds is 7. The molecule has 1 saturated carbocycles. The summed E-state index contributed by atoms with van der Waals surface area (Å²) in [5, 5.41) is 12.9. The van der Waals surface area contributed by atoms with E-state index in [2.05, 4.69) is 22.4 Å². The molecule has 1 aromatic carbocycles. The van der Waals surface area contributed by atoms with E-state index >= 15 is 0 Å². The van der Waals surface area contributed by atoms with Gasteiger partial charge in [0.1, 0.15) is 11.4 Å². The molecule has 1 fully saturated rings. The average molecular weight is 362 g/mol. The first-order chi connectivity index (χ1) is 12.2. The zero-order valence-corrected chi connectivity index (χ0v) is 16.0. The van der Waals surface area contributed by atoms with Gasteiger partial charge in [-0.05, 0) is 53.8 Å². The van der Waals surface area contributed by atoms with Crippen LogP contribution >= 0.6 is 11.8 Å². The Kier molecular flexibility index (Phi) is 6.31. The molecule has 0 aliphatic heterocycles. The second-order valence-corrected chi connectivity index (χ2v) is 7.63. The second kappa shape index (κ2) is 8.67. The number of ether oxygens (including phenoxy) is 2. The van der Waals surface area contributed by atoms with Crippen molar-refractivity contribution in [3.8, 4) is 11.4 Å². The van der Waals surface area contributed by atoms with Crippen LogP contribution in [-0.4, -0.2) is 45.8 Å². The van der Waals surface area contributed by atoms with Crippen molar-refractivity contribution < 1.29 is 9.47 Å². The van der Waals surface area contributed by atoms with Gasteiger partial charge < -0.3 is 9.47 Å². The quantitative estimate of drug-likeness (QED) is 0.553. The summed E-state index contributed by atoms with van der Waals surface area (Å²) in [4.78, 5) is 0. The normalized spacial score (nSPS) is 20.6. The van der Waals surface area contributed by atoms with Crippen LogP contribution in [0.5, 0.6) is 5.75 Å². The molecule has 1 heterocycles. The van der Waals surface area contributed by atoms with Crippen molar-refractivity contribution in [2.75, 3.05) is 19.5 Å². The maximum Gasteiger partial charge on any atom is 0.214 e. The number of benzene rings is 1. The summed E-state index contributed by atoms with van der Waals surface area (Å²) >= 11 is 1.61. The van der Waals surface area contributed by atoms with Crippen LogP contribution in [0.25, 0.3) is 5.69 Å². The lowest BCUT2D eigenvalue weighted by atomic mass is 9.88. The van der Waals surface area contributed by atoms with E-state index in [9.17, 15) is 0 Å². The number of methoxy groups -OCH3 is 1. The molecule has 1 aliphatic carbocycles. The summed E-state index contributed by atoms with van der Waals surface area (Å²) in [7, 11) is 1.66. The molecule has 136 valence electrons. The summed E-state index contributed by atoms with van der Waals surface area (Å²) < 4.78 is 13.3. The van der Waals surface area contributed by atoms with E-state index in [4.69, 9.17) is 9.47 Å². The fourth-order valence-corrected chi connectivity index (χ4v) is 3.96. The number of tetrazole rings is 1. The van der Waals surface area contributed by atoms with Crippen LogP contribution in [-0.2, 0) is 4.74 Å². The summed E-state index contributed by atoms with van der Waals surface area (Å²) in [5.41, 5.74) is 1.99. The molecule has 25 heavy (non-hydrogen) atoms. The molecular weight excluding hydrogens is 336 g/mol. The molecule has 6 nitrogen and oxygen atoms in total. The van der Waals surface area contributed by atoms with Crippen LogP contribution < -0.4 is 4.74 Å². The predicted molar refractivity (Wildman–Crippen MR) is 98.5 cm³/mol. The second-order valence-electron chi connectivity index (χ2n) is 6.57. The molecule has 0 saturated heterocycles. The van der Waals surface area contributed by atoms with Gasteiger partial charge in [-0.25, -0.2) is 0 Å². The average Bonchev–Trinajstić information content (AvgIpc) is 3.08. The minimum Gasteiger partial charge on any atom is -0.494 e. The van der Waals surface area contributed by atoms with E-state index in [0.717, 1.165) is 34.5 Å². The fraction of sp³-hybridized carbons (Fsp3) is 0.611. The van der Waals surface area contributed by atoms with Gasteiger partial charge in [-0.3, -0.25) is 0 Å². The van der Waals surface area contributed by atoms with Crippen molar-refractivity contribution in [2.24, 2.45) is 5.92 Å². The van der Waals surface area contributed by atoms with Crippen molar-refractivity contribution in [3.05, 3.63) is 23.8 Å². The largest absolute Gasteiger partial charge is 0.494 e. The molecule has 7 heteroatoms. The van der Waals surface area contributed by atoms with Gasteiger partial charge in [0, 0.05) is 5.75 Å². The number of hydrogen-bond donors (Lipinski definition) is 0. The van der Waals surface area contributed by atoms with Gasteiger partial charge in [-0.1, -0.05) is 37.6 Å². The number of hydrogen-bond acceptors (Lipinski definition) is 6. The molecule has 1 aromatic heterocycles. The minimum atomic E-state index is 0.405. The van der Waals surface area contributed by atoms with E-state index in [1.165, 1.54) is 25.7 Å². The Balaban J connectivity index is 1.60. The van der Waals surface area contributed by atoms with Gasteiger partial charge in [0.2, 0.25) is 5.16 Å². The number of aromatic nitrogens is 4. The van der Waals surface area contributed by atoms with Gasteiger partial charge in [0.05, 0.1) is 19.8 Å². The van der Waals surface area contributed by atoms with Crippen LogP contribution in [0.3, 0.4) is 0 Å². The molecule has 2 aromatic rings. The van der Waals surface area contributed by atoms with Crippen LogP contribution in [0.4, 0.5) is 0 Å². The standard InChI is InChI=1S/C18H26N4O2S/c1-13-8-9-17(23-3)15(12-13)22-18(19-20-21-22)25-11-10-24-16-7-5-4-6-14(16)2/h8-9,12,14,16H,4-7,10-11H2,1-3H3. The smallest absolute Gasteiger partial charge is 0.214 e. The topological polar surface area (TPSA) is 62.1 Å². The first-order valence-corrected chi connectivity index (χ1v) is 9.85. The van der Waals surface area contributed by atoms with Gasteiger partial charge >= 0.3 is 0 Å².